The van der Waals surface area contributed by atoms with Crippen LogP contribution >= 0.6 is 0 Å². The van der Waals surface area contributed by atoms with Crippen molar-refractivity contribution in [1.82, 2.24) is 5.32 Å². The zero-order valence-corrected chi connectivity index (χ0v) is 12.8. The van der Waals surface area contributed by atoms with E-state index in [2.05, 4.69) is 26.1 Å². The van der Waals surface area contributed by atoms with Gasteiger partial charge < -0.3 is 11.1 Å². The zero-order chi connectivity index (χ0) is 15.6. The Bertz CT molecular complexity index is 549. The number of carbonyl (C=O) groups excluding carboxylic acids is 2. The number of urea groups is 1. The third kappa shape index (κ3) is 3.61. The summed E-state index contributed by atoms with van der Waals surface area (Å²) in [6.45, 7) is 7.06. The molecule has 1 saturated heterocycles. The maximum atomic E-state index is 12.6. The molecule has 1 unspecified atom stereocenters. The third-order valence-electron chi connectivity index (χ3n) is 3.54. The molecule has 1 aliphatic heterocycles. The summed E-state index contributed by atoms with van der Waals surface area (Å²) in [5, 5.41) is 2.81. The molecule has 1 aromatic rings. The summed E-state index contributed by atoms with van der Waals surface area (Å²) < 4.78 is 0. The standard InChI is InChI=1S/C16H23N3O2/c1-16(2,3)8-12-10-18-15(21)19(14(12)20)13-6-4-5-11(7-13)9-17/h4-7,12H,8-10,17H2,1-3H3,(H,18,21). The first-order valence-corrected chi connectivity index (χ1v) is 7.22. The molecule has 0 saturated carbocycles. The third-order valence-corrected chi connectivity index (χ3v) is 3.54. The van der Waals surface area contributed by atoms with Gasteiger partial charge in [0.2, 0.25) is 5.91 Å². The number of nitrogens with one attached hydrogen (secondary N) is 1. The molecule has 3 N–H and O–H groups in total. The van der Waals surface area contributed by atoms with Crippen LogP contribution in [-0.4, -0.2) is 18.5 Å². The van der Waals surface area contributed by atoms with E-state index in [0.717, 1.165) is 12.0 Å². The van der Waals surface area contributed by atoms with Crippen LogP contribution in [0.1, 0.15) is 32.8 Å². The molecule has 5 heteroatoms. The highest BCUT2D eigenvalue weighted by atomic mass is 16.2. The molecule has 114 valence electrons. The minimum atomic E-state index is -0.362. The quantitative estimate of drug-likeness (QED) is 0.896. The van der Waals surface area contributed by atoms with Crippen LogP contribution in [0.15, 0.2) is 24.3 Å². The molecule has 21 heavy (non-hydrogen) atoms. The second-order valence-corrected chi connectivity index (χ2v) is 6.70. The van der Waals surface area contributed by atoms with E-state index < -0.39 is 0 Å². The van der Waals surface area contributed by atoms with Crippen molar-refractivity contribution in [2.75, 3.05) is 11.4 Å². The zero-order valence-electron chi connectivity index (χ0n) is 12.8. The molecule has 0 aromatic heterocycles. The lowest BCUT2D eigenvalue weighted by Gasteiger charge is -2.34. The monoisotopic (exact) mass is 289 g/mol. The number of nitrogens with zero attached hydrogens (tertiary/aromatic N) is 1. The van der Waals surface area contributed by atoms with Gasteiger partial charge in [-0.15, -0.1) is 0 Å². The van der Waals surface area contributed by atoms with E-state index >= 15 is 0 Å². The fourth-order valence-corrected chi connectivity index (χ4v) is 2.63. The Balaban J connectivity index is 2.27. The summed E-state index contributed by atoms with van der Waals surface area (Å²) in [6, 6.07) is 6.88. The van der Waals surface area contributed by atoms with Gasteiger partial charge in [-0.2, -0.15) is 0 Å². The van der Waals surface area contributed by atoms with E-state index in [4.69, 9.17) is 5.73 Å². The molecule has 1 atom stereocenters. The fourth-order valence-electron chi connectivity index (χ4n) is 2.63. The van der Waals surface area contributed by atoms with Crippen LogP contribution in [0, 0.1) is 11.3 Å². The average molecular weight is 289 g/mol. The Morgan fingerprint density at radius 3 is 2.67 bits per heavy atom. The molecule has 0 bridgehead atoms. The largest absolute Gasteiger partial charge is 0.337 e. The second kappa shape index (κ2) is 5.85. The Hall–Kier alpha value is -1.88. The molecule has 1 fully saturated rings. The highest BCUT2D eigenvalue weighted by molar-refractivity contribution is 6.16. The van der Waals surface area contributed by atoms with Gasteiger partial charge in [-0.3, -0.25) is 4.79 Å². The Morgan fingerprint density at radius 2 is 2.05 bits per heavy atom. The van der Waals surface area contributed by atoms with Gasteiger partial charge in [0.05, 0.1) is 11.6 Å². The summed E-state index contributed by atoms with van der Waals surface area (Å²) in [6.07, 6.45) is 0.735. The van der Waals surface area contributed by atoms with Gasteiger partial charge in [0.15, 0.2) is 0 Å². The lowest BCUT2D eigenvalue weighted by atomic mass is 9.83. The average Bonchev–Trinajstić information content (AvgIpc) is 2.41. The second-order valence-electron chi connectivity index (χ2n) is 6.70. The van der Waals surface area contributed by atoms with Gasteiger partial charge in [-0.1, -0.05) is 32.9 Å². The molecular weight excluding hydrogens is 266 g/mol. The highest BCUT2D eigenvalue weighted by Gasteiger charge is 2.37. The number of rotatable bonds is 3. The normalized spacial score (nSPS) is 19.6. The molecule has 0 spiro atoms. The van der Waals surface area contributed by atoms with Crippen LogP contribution in [0.4, 0.5) is 10.5 Å². The van der Waals surface area contributed by atoms with Crippen molar-refractivity contribution in [2.45, 2.75) is 33.7 Å². The van der Waals surface area contributed by atoms with Gasteiger partial charge in [0, 0.05) is 13.1 Å². The summed E-state index contributed by atoms with van der Waals surface area (Å²) in [4.78, 5) is 26.0. The molecule has 1 heterocycles. The predicted molar refractivity (Wildman–Crippen MR) is 82.8 cm³/mol. The Labute approximate surface area is 125 Å². The smallest absolute Gasteiger partial charge is 0.328 e. The molecule has 1 aliphatic rings. The van der Waals surface area contributed by atoms with E-state index in [-0.39, 0.29) is 23.3 Å². The van der Waals surface area contributed by atoms with Gasteiger partial charge in [-0.05, 0) is 29.5 Å². The van der Waals surface area contributed by atoms with Crippen molar-refractivity contribution in [1.29, 1.82) is 0 Å². The SMILES string of the molecule is CC(C)(C)CC1CNC(=O)N(c2cccc(CN)c2)C1=O. The van der Waals surface area contributed by atoms with E-state index in [1.165, 1.54) is 4.90 Å². The maximum absolute atomic E-state index is 12.6. The first kappa shape index (κ1) is 15.5. The molecular formula is C16H23N3O2. The van der Waals surface area contributed by atoms with E-state index in [1.807, 2.05) is 12.1 Å². The fraction of sp³-hybridized carbons (Fsp3) is 0.500. The number of amides is 3. The van der Waals surface area contributed by atoms with E-state index in [1.54, 1.807) is 12.1 Å². The van der Waals surface area contributed by atoms with Gasteiger partial charge in [-0.25, -0.2) is 9.69 Å². The van der Waals surface area contributed by atoms with Gasteiger partial charge in [0.25, 0.3) is 0 Å². The lowest BCUT2D eigenvalue weighted by Crippen LogP contribution is -2.55. The minimum Gasteiger partial charge on any atom is -0.337 e. The first-order chi connectivity index (χ1) is 9.81. The Kier molecular flexibility index (Phi) is 4.32. The highest BCUT2D eigenvalue weighted by Crippen LogP contribution is 2.29. The molecule has 3 amide bonds. The van der Waals surface area contributed by atoms with Crippen LogP contribution in [-0.2, 0) is 11.3 Å². The van der Waals surface area contributed by atoms with Crippen molar-refractivity contribution in [3.63, 3.8) is 0 Å². The topological polar surface area (TPSA) is 75.4 Å². The van der Waals surface area contributed by atoms with Crippen LogP contribution in [0.5, 0.6) is 0 Å². The number of benzene rings is 1. The molecule has 2 rings (SSSR count). The number of anilines is 1. The van der Waals surface area contributed by atoms with Gasteiger partial charge in [0.1, 0.15) is 0 Å². The predicted octanol–water partition coefficient (Wildman–Crippen LogP) is 2.25. The number of nitrogens with two attached hydrogens (primary N) is 1. The summed E-state index contributed by atoms with van der Waals surface area (Å²) in [5.41, 5.74) is 7.14. The van der Waals surface area contributed by atoms with Crippen molar-refractivity contribution in [3.8, 4) is 0 Å². The summed E-state index contributed by atoms with van der Waals surface area (Å²) >= 11 is 0. The van der Waals surface area contributed by atoms with Crippen LogP contribution in [0.2, 0.25) is 0 Å². The number of carbonyl (C=O) groups is 2. The first-order valence-electron chi connectivity index (χ1n) is 7.22. The minimum absolute atomic E-state index is 0.0349. The Morgan fingerprint density at radius 1 is 1.33 bits per heavy atom. The summed E-state index contributed by atoms with van der Waals surface area (Å²) in [5.74, 6) is -0.327. The number of imide groups is 1. The van der Waals surface area contributed by atoms with Crippen LogP contribution in [0.3, 0.4) is 0 Å². The lowest BCUT2D eigenvalue weighted by molar-refractivity contribution is -0.123. The molecule has 1 aromatic carbocycles. The van der Waals surface area contributed by atoms with Crippen molar-refractivity contribution >= 4 is 17.6 Å². The molecule has 0 radical (unpaired) electrons. The van der Waals surface area contributed by atoms with Gasteiger partial charge >= 0.3 is 6.03 Å². The molecule has 0 aliphatic carbocycles. The van der Waals surface area contributed by atoms with Crippen molar-refractivity contribution in [2.24, 2.45) is 17.1 Å². The van der Waals surface area contributed by atoms with E-state index in [0.29, 0.717) is 18.8 Å². The summed E-state index contributed by atoms with van der Waals surface area (Å²) in [7, 11) is 0. The van der Waals surface area contributed by atoms with Crippen molar-refractivity contribution in [3.05, 3.63) is 29.8 Å². The molecule has 5 nitrogen and oxygen atoms in total. The van der Waals surface area contributed by atoms with Crippen LogP contribution < -0.4 is 16.0 Å². The number of hydrogen-bond acceptors (Lipinski definition) is 3. The van der Waals surface area contributed by atoms with Crippen LogP contribution in [0.25, 0.3) is 0 Å². The maximum Gasteiger partial charge on any atom is 0.328 e. The van der Waals surface area contributed by atoms with Crippen molar-refractivity contribution < 1.29 is 9.59 Å². The number of hydrogen-bond donors (Lipinski definition) is 2. The van der Waals surface area contributed by atoms with E-state index in [9.17, 15) is 9.59 Å².